The van der Waals surface area contributed by atoms with E-state index >= 15 is 0 Å². The zero-order chi connectivity index (χ0) is 17.9. The minimum absolute atomic E-state index is 0.0302. The van der Waals surface area contributed by atoms with E-state index in [1.807, 2.05) is 12.1 Å². The maximum atomic E-state index is 13.3. The minimum Gasteiger partial charge on any atom is -0.351 e. The number of amides is 2. The quantitative estimate of drug-likeness (QED) is 0.777. The average molecular weight is 363 g/mol. The Balaban J connectivity index is 1.87. The summed E-state index contributed by atoms with van der Waals surface area (Å²) in [5, 5.41) is 3.87. The van der Waals surface area contributed by atoms with Crippen molar-refractivity contribution < 1.29 is 9.59 Å². The fourth-order valence-corrected chi connectivity index (χ4v) is 4.16. The van der Waals surface area contributed by atoms with Crippen molar-refractivity contribution in [2.45, 2.75) is 69.9 Å². The number of nitrogens with zero attached hydrogens (tertiary/aromatic N) is 1. The second kappa shape index (κ2) is 7.77. The number of rotatable bonds is 6. The van der Waals surface area contributed by atoms with Crippen LogP contribution >= 0.6 is 11.6 Å². The molecule has 1 heterocycles. The summed E-state index contributed by atoms with van der Waals surface area (Å²) in [5.74, 6) is 0.0274. The molecule has 3 rings (SSSR count). The third-order valence-electron chi connectivity index (χ3n) is 5.54. The summed E-state index contributed by atoms with van der Waals surface area (Å²) in [5.41, 5.74) is -0.00482. The molecule has 2 fully saturated rings. The van der Waals surface area contributed by atoms with Gasteiger partial charge in [0.15, 0.2) is 5.54 Å². The Morgan fingerprint density at radius 2 is 1.92 bits per heavy atom. The molecular weight excluding hydrogens is 336 g/mol. The van der Waals surface area contributed by atoms with Crippen molar-refractivity contribution in [3.63, 3.8) is 0 Å². The summed E-state index contributed by atoms with van der Waals surface area (Å²) < 4.78 is 0. The van der Waals surface area contributed by atoms with Crippen LogP contribution in [0.2, 0.25) is 5.02 Å². The molecule has 1 saturated heterocycles. The Morgan fingerprint density at radius 3 is 2.52 bits per heavy atom. The van der Waals surface area contributed by atoms with Crippen molar-refractivity contribution in [2.24, 2.45) is 0 Å². The van der Waals surface area contributed by atoms with E-state index in [2.05, 4.69) is 12.2 Å². The number of halogens is 1. The van der Waals surface area contributed by atoms with Crippen molar-refractivity contribution in [3.8, 4) is 0 Å². The van der Waals surface area contributed by atoms with Gasteiger partial charge in [-0.25, -0.2) is 0 Å². The van der Waals surface area contributed by atoms with Gasteiger partial charge in [0.05, 0.1) is 6.42 Å². The lowest BCUT2D eigenvalue weighted by Gasteiger charge is -2.51. The lowest BCUT2D eigenvalue weighted by molar-refractivity contribution is -0.168. The van der Waals surface area contributed by atoms with E-state index in [0.29, 0.717) is 11.6 Å². The number of carbonyl (C=O) groups is 2. The van der Waals surface area contributed by atoms with Gasteiger partial charge in [0, 0.05) is 17.6 Å². The smallest absolute Gasteiger partial charge is 0.251 e. The Bertz CT molecular complexity index is 625. The van der Waals surface area contributed by atoms with Gasteiger partial charge in [0.1, 0.15) is 0 Å². The number of nitrogens with one attached hydrogen (secondary N) is 1. The van der Waals surface area contributed by atoms with E-state index in [9.17, 15) is 9.59 Å². The number of benzene rings is 1. The van der Waals surface area contributed by atoms with Gasteiger partial charge in [-0.05, 0) is 37.0 Å². The van der Waals surface area contributed by atoms with Crippen molar-refractivity contribution in [2.75, 3.05) is 6.54 Å². The first-order chi connectivity index (χ1) is 12.1. The van der Waals surface area contributed by atoms with Crippen LogP contribution in [0.3, 0.4) is 0 Å². The highest BCUT2D eigenvalue weighted by molar-refractivity contribution is 6.30. The summed E-state index contributed by atoms with van der Waals surface area (Å²) in [4.78, 5) is 27.4. The molecule has 1 aromatic carbocycles. The van der Waals surface area contributed by atoms with Gasteiger partial charge in [0.25, 0.3) is 5.91 Å². The number of unbranched alkanes of at least 4 members (excludes halogenated alkanes) is 1. The fraction of sp³-hybridized carbons (Fsp3) is 0.600. The molecular formula is C20H27ClN2O2. The normalized spacial score (nSPS) is 24.1. The monoisotopic (exact) mass is 362 g/mol. The fourth-order valence-electron chi connectivity index (χ4n) is 4.03. The number of carbonyl (C=O) groups excluding carboxylic acids is 2. The maximum Gasteiger partial charge on any atom is 0.251 e. The molecule has 0 bridgehead atoms. The Kier molecular flexibility index (Phi) is 5.67. The second-order valence-corrected chi connectivity index (χ2v) is 7.69. The Hall–Kier alpha value is -1.55. The molecule has 4 nitrogen and oxygen atoms in total. The molecule has 5 heteroatoms. The van der Waals surface area contributed by atoms with E-state index in [4.69, 9.17) is 11.6 Å². The van der Waals surface area contributed by atoms with E-state index in [0.717, 1.165) is 44.1 Å². The SMILES string of the molecule is CCCCN1C(=O)CC1(C(=O)NC1CCCCC1)c1ccc(Cl)cc1. The molecule has 0 radical (unpaired) electrons. The first-order valence-electron chi connectivity index (χ1n) is 9.45. The van der Waals surface area contributed by atoms with Crippen LogP contribution < -0.4 is 5.32 Å². The molecule has 1 saturated carbocycles. The van der Waals surface area contributed by atoms with Gasteiger partial charge in [-0.1, -0.05) is 56.3 Å². The molecule has 2 amide bonds. The molecule has 1 aliphatic heterocycles. The third-order valence-corrected chi connectivity index (χ3v) is 5.79. The van der Waals surface area contributed by atoms with Crippen LogP contribution in [0.15, 0.2) is 24.3 Å². The summed E-state index contributed by atoms with van der Waals surface area (Å²) in [6.45, 7) is 2.71. The summed E-state index contributed by atoms with van der Waals surface area (Å²) in [7, 11) is 0. The van der Waals surface area contributed by atoms with Crippen molar-refractivity contribution in [1.82, 2.24) is 10.2 Å². The zero-order valence-corrected chi connectivity index (χ0v) is 15.6. The van der Waals surface area contributed by atoms with Crippen LogP contribution in [0.4, 0.5) is 0 Å². The van der Waals surface area contributed by atoms with Crippen molar-refractivity contribution in [1.29, 1.82) is 0 Å². The highest BCUT2D eigenvalue weighted by Crippen LogP contribution is 2.42. The zero-order valence-electron chi connectivity index (χ0n) is 14.9. The lowest BCUT2D eigenvalue weighted by Crippen LogP contribution is -2.68. The standard InChI is InChI=1S/C20H27ClN2O2/c1-2-3-13-23-18(24)14-20(23,15-9-11-16(21)12-10-15)19(25)22-17-7-5-4-6-8-17/h9-12,17H,2-8,13-14H2,1H3,(H,22,25). The Labute approximate surface area is 154 Å². The largest absolute Gasteiger partial charge is 0.351 e. The molecule has 0 spiro atoms. The van der Waals surface area contributed by atoms with E-state index in [1.165, 1.54) is 6.42 Å². The number of β-lactam (4-membered cyclic amide) rings is 1. The minimum atomic E-state index is -0.867. The summed E-state index contributed by atoms with van der Waals surface area (Å²) >= 11 is 6.03. The van der Waals surface area contributed by atoms with Crippen molar-refractivity contribution >= 4 is 23.4 Å². The molecule has 0 aromatic heterocycles. The predicted octanol–water partition coefficient (Wildman–Crippen LogP) is 4.02. The van der Waals surface area contributed by atoms with Crippen LogP contribution in [-0.4, -0.2) is 29.3 Å². The molecule has 136 valence electrons. The molecule has 2 aliphatic rings. The molecule has 1 aromatic rings. The topological polar surface area (TPSA) is 49.4 Å². The summed E-state index contributed by atoms with van der Waals surface area (Å²) in [6, 6.07) is 7.59. The highest BCUT2D eigenvalue weighted by Gasteiger charge is 2.57. The molecule has 1 atom stereocenters. The van der Waals surface area contributed by atoms with Crippen LogP contribution in [0.5, 0.6) is 0 Å². The van der Waals surface area contributed by atoms with E-state index in [-0.39, 0.29) is 24.3 Å². The molecule has 1 N–H and O–H groups in total. The number of hydrogen-bond donors (Lipinski definition) is 1. The lowest BCUT2D eigenvalue weighted by atomic mass is 9.76. The molecule has 25 heavy (non-hydrogen) atoms. The summed E-state index contributed by atoms with van der Waals surface area (Å²) in [6.07, 6.45) is 7.78. The predicted molar refractivity (Wildman–Crippen MR) is 99.4 cm³/mol. The third kappa shape index (κ3) is 3.55. The van der Waals surface area contributed by atoms with Gasteiger partial charge < -0.3 is 10.2 Å². The van der Waals surface area contributed by atoms with Gasteiger partial charge >= 0.3 is 0 Å². The molecule has 1 aliphatic carbocycles. The van der Waals surface area contributed by atoms with E-state index < -0.39 is 5.54 Å². The van der Waals surface area contributed by atoms with Crippen LogP contribution in [0.1, 0.15) is 63.9 Å². The maximum absolute atomic E-state index is 13.3. The Morgan fingerprint density at radius 1 is 1.24 bits per heavy atom. The second-order valence-electron chi connectivity index (χ2n) is 7.25. The highest BCUT2D eigenvalue weighted by atomic mass is 35.5. The number of hydrogen-bond acceptors (Lipinski definition) is 2. The van der Waals surface area contributed by atoms with Crippen LogP contribution in [-0.2, 0) is 15.1 Å². The molecule has 1 unspecified atom stereocenters. The van der Waals surface area contributed by atoms with Gasteiger partial charge in [-0.2, -0.15) is 0 Å². The van der Waals surface area contributed by atoms with Gasteiger partial charge in [-0.15, -0.1) is 0 Å². The average Bonchev–Trinajstić information content (AvgIpc) is 2.61. The first-order valence-corrected chi connectivity index (χ1v) is 9.83. The van der Waals surface area contributed by atoms with Crippen LogP contribution in [0, 0.1) is 0 Å². The number of likely N-dealkylation sites (tertiary alicyclic amines) is 1. The van der Waals surface area contributed by atoms with Gasteiger partial charge in [-0.3, -0.25) is 9.59 Å². The van der Waals surface area contributed by atoms with E-state index in [1.54, 1.807) is 17.0 Å². The van der Waals surface area contributed by atoms with Crippen molar-refractivity contribution in [3.05, 3.63) is 34.9 Å². The van der Waals surface area contributed by atoms with Gasteiger partial charge in [0.2, 0.25) is 5.91 Å². The van der Waals surface area contributed by atoms with Crippen LogP contribution in [0.25, 0.3) is 0 Å². The first kappa shape index (κ1) is 18.2.